The lowest BCUT2D eigenvalue weighted by Gasteiger charge is -2.33. The monoisotopic (exact) mass is 299 g/mol. The van der Waals surface area contributed by atoms with Gasteiger partial charge < -0.3 is 19.0 Å². The Labute approximate surface area is 125 Å². The maximum Gasteiger partial charge on any atom is 0.410 e. The van der Waals surface area contributed by atoms with Gasteiger partial charge in [-0.3, -0.25) is 4.90 Å². The smallest absolute Gasteiger partial charge is 0.410 e. The molecule has 0 radical (unpaired) electrons. The highest BCUT2D eigenvalue weighted by Crippen LogP contribution is 2.41. The van der Waals surface area contributed by atoms with Crippen LogP contribution in [-0.2, 0) is 19.0 Å². The van der Waals surface area contributed by atoms with E-state index in [0.29, 0.717) is 0 Å². The van der Waals surface area contributed by atoms with E-state index in [4.69, 9.17) is 14.2 Å². The summed E-state index contributed by atoms with van der Waals surface area (Å²) in [6.07, 6.45) is 0.0576. The number of carbonyl (C=O) groups is 2. The fraction of sp³-hybridized carbons (Fsp3) is 0.867. The topological polar surface area (TPSA) is 65.1 Å². The van der Waals surface area contributed by atoms with Crippen LogP contribution in [0.25, 0.3) is 0 Å². The predicted octanol–water partition coefficient (Wildman–Crippen LogP) is 2.10. The van der Waals surface area contributed by atoms with E-state index < -0.39 is 17.5 Å². The Morgan fingerprint density at radius 2 is 1.86 bits per heavy atom. The molecule has 2 aliphatic rings. The molecule has 6 nitrogen and oxygen atoms in total. The highest BCUT2D eigenvalue weighted by Gasteiger charge is 2.58. The first-order valence-electron chi connectivity index (χ1n) is 7.36. The number of ether oxygens (including phenoxy) is 3. The average molecular weight is 299 g/mol. The van der Waals surface area contributed by atoms with Crippen LogP contribution >= 0.6 is 0 Å². The molecule has 0 N–H and O–H groups in total. The molecule has 0 unspecified atom stereocenters. The lowest BCUT2D eigenvalue weighted by atomic mass is 10.1. The van der Waals surface area contributed by atoms with Crippen molar-refractivity contribution in [1.82, 2.24) is 4.90 Å². The maximum atomic E-state index is 12.4. The van der Waals surface area contributed by atoms with Crippen LogP contribution in [0.2, 0.25) is 0 Å². The summed E-state index contributed by atoms with van der Waals surface area (Å²) in [6.45, 7) is 11.0. The SMILES string of the molecule is C[C@H]1[C@H]2OC(C)(C)O[C@H]2[C@H](CC=O)N1C(=O)OC(C)(C)C. The van der Waals surface area contributed by atoms with Crippen molar-refractivity contribution in [3.63, 3.8) is 0 Å². The van der Waals surface area contributed by atoms with Crippen molar-refractivity contribution in [2.24, 2.45) is 0 Å². The number of fused-ring (bicyclic) bond motifs is 1. The first-order valence-corrected chi connectivity index (χ1v) is 7.36. The zero-order valence-electron chi connectivity index (χ0n) is 13.6. The Balaban J connectivity index is 2.22. The van der Waals surface area contributed by atoms with E-state index in [0.717, 1.165) is 6.29 Å². The number of hydrogen-bond donors (Lipinski definition) is 0. The summed E-state index contributed by atoms with van der Waals surface area (Å²) in [5, 5.41) is 0. The van der Waals surface area contributed by atoms with Gasteiger partial charge in [-0.1, -0.05) is 0 Å². The van der Waals surface area contributed by atoms with Crippen LogP contribution in [0, 0.1) is 0 Å². The lowest BCUT2D eigenvalue weighted by Crippen LogP contribution is -2.47. The van der Waals surface area contributed by atoms with Crippen molar-refractivity contribution >= 4 is 12.4 Å². The highest BCUT2D eigenvalue weighted by atomic mass is 16.8. The van der Waals surface area contributed by atoms with E-state index in [-0.39, 0.29) is 30.7 Å². The van der Waals surface area contributed by atoms with E-state index >= 15 is 0 Å². The van der Waals surface area contributed by atoms with E-state index in [1.165, 1.54) is 0 Å². The third-order valence-corrected chi connectivity index (χ3v) is 3.76. The van der Waals surface area contributed by atoms with Crippen LogP contribution in [-0.4, -0.2) is 53.0 Å². The third kappa shape index (κ3) is 3.21. The number of carbonyl (C=O) groups excluding carboxylic acids is 2. The summed E-state index contributed by atoms with van der Waals surface area (Å²) >= 11 is 0. The quantitative estimate of drug-likeness (QED) is 0.731. The summed E-state index contributed by atoms with van der Waals surface area (Å²) < 4.78 is 17.2. The Kier molecular flexibility index (Phi) is 4.06. The molecule has 120 valence electrons. The first kappa shape index (κ1) is 16.2. The lowest BCUT2D eigenvalue weighted by molar-refractivity contribution is -0.166. The second-order valence-corrected chi connectivity index (χ2v) is 7.16. The number of nitrogens with zero attached hydrogens (tertiary/aromatic N) is 1. The minimum atomic E-state index is -0.690. The molecule has 2 aliphatic heterocycles. The molecular formula is C15H25NO5. The van der Waals surface area contributed by atoms with Crippen molar-refractivity contribution in [3.05, 3.63) is 0 Å². The number of amides is 1. The van der Waals surface area contributed by atoms with Gasteiger partial charge in [0.15, 0.2) is 5.79 Å². The largest absolute Gasteiger partial charge is 0.444 e. The Hall–Kier alpha value is -1.14. The van der Waals surface area contributed by atoms with Crippen molar-refractivity contribution in [2.45, 2.75) is 83.6 Å². The second kappa shape index (κ2) is 5.25. The Bertz CT molecular complexity index is 428. The molecule has 2 rings (SSSR count). The van der Waals surface area contributed by atoms with Gasteiger partial charge >= 0.3 is 6.09 Å². The van der Waals surface area contributed by atoms with E-state index in [9.17, 15) is 9.59 Å². The molecule has 1 amide bonds. The van der Waals surface area contributed by atoms with Crippen LogP contribution < -0.4 is 0 Å². The molecule has 4 atom stereocenters. The van der Waals surface area contributed by atoms with Gasteiger partial charge in [-0.15, -0.1) is 0 Å². The van der Waals surface area contributed by atoms with Crippen molar-refractivity contribution < 1.29 is 23.8 Å². The number of rotatable bonds is 2. The van der Waals surface area contributed by atoms with Crippen LogP contribution in [0.1, 0.15) is 48.0 Å². The van der Waals surface area contributed by atoms with Gasteiger partial charge in [0.1, 0.15) is 24.1 Å². The molecule has 2 saturated heterocycles. The molecule has 0 saturated carbocycles. The molecule has 2 heterocycles. The summed E-state index contributed by atoms with van der Waals surface area (Å²) in [5.74, 6) is -0.690. The molecule has 21 heavy (non-hydrogen) atoms. The number of aldehydes is 1. The second-order valence-electron chi connectivity index (χ2n) is 7.16. The van der Waals surface area contributed by atoms with Gasteiger partial charge in [0.25, 0.3) is 0 Å². The van der Waals surface area contributed by atoms with Gasteiger partial charge in [0.05, 0.1) is 12.1 Å². The van der Waals surface area contributed by atoms with Crippen LogP contribution in [0.4, 0.5) is 4.79 Å². The van der Waals surface area contributed by atoms with Crippen LogP contribution in [0.3, 0.4) is 0 Å². The van der Waals surface area contributed by atoms with Gasteiger partial charge in [-0.05, 0) is 41.5 Å². The minimum absolute atomic E-state index is 0.198. The van der Waals surface area contributed by atoms with E-state index in [1.807, 2.05) is 41.5 Å². The molecule has 2 fully saturated rings. The van der Waals surface area contributed by atoms with Gasteiger partial charge in [0.2, 0.25) is 0 Å². The molecule has 0 aromatic carbocycles. The third-order valence-electron chi connectivity index (χ3n) is 3.76. The minimum Gasteiger partial charge on any atom is -0.444 e. The van der Waals surface area contributed by atoms with E-state index in [1.54, 1.807) is 4.90 Å². The molecule has 0 aromatic heterocycles. The van der Waals surface area contributed by atoms with Crippen LogP contribution in [0.5, 0.6) is 0 Å². The number of likely N-dealkylation sites (tertiary alicyclic amines) is 1. The molecule has 0 aromatic rings. The van der Waals surface area contributed by atoms with Crippen LogP contribution in [0.15, 0.2) is 0 Å². The standard InChI is InChI=1S/C15H25NO5/c1-9-11-12(20-15(5,6)19-11)10(7-8-17)16(9)13(18)21-14(2,3)4/h8-12H,7H2,1-6H3/t9-,10-,11+,12-/m0/s1. The summed E-state index contributed by atoms with van der Waals surface area (Å²) in [5.41, 5.74) is -0.582. The summed E-state index contributed by atoms with van der Waals surface area (Å²) in [7, 11) is 0. The van der Waals surface area contributed by atoms with Gasteiger partial charge in [0, 0.05) is 6.42 Å². The normalized spacial score (nSPS) is 34.7. The molecular weight excluding hydrogens is 274 g/mol. The molecule has 6 heteroatoms. The predicted molar refractivity (Wildman–Crippen MR) is 75.8 cm³/mol. The Morgan fingerprint density at radius 1 is 1.29 bits per heavy atom. The zero-order valence-corrected chi connectivity index (χ0v) is 13.6. The fourth-order valence-electron chi connectivity index (χ4n) is 3.07. The van der Waals surface area contributed by atoms with Crippen molar-refractivity contribution in [2.75, 3.05) is 0 Å². The van der Waals surface area contributed by atoms with Crippen molar-refractivity contribution in [1.29, 1.82) is 0 Å². The zero-order chi connectivity index (χ0) is 16.0. The summed E-state index contributed by atoms with van der Waals surface area (Å²) in [4.78, 5) is 25.0. The number of hydrogen-bond acceptors (Lipinski definition) is 5. The first-order chi connectivity index (χ1) is 9.56. The van der Waals surface area contributed by atoms with E-state index in [2.05, 4.69) is 0 Å². The molecule has 0 bridgehead atoms. The Morgan fingerprint density at radius 3 is 2.38 bits per heavy atom. The summed E-state index contributed by atoms with van der Waals surface area (Å²) in [6, 6.07) is -0.546. The van der Waals surface area contributed by atoms with Gasteiger partial charge in [-0.2, -0.15) is 0 Å². The molecule has 0 aliphatic carbocycles. The van der Waals surface area contributed by atoms with Gasteiger partial charge in [-0.25, -0.2) is 4.79 Å². The molecule has 0 spiro atoms. The fourth-order valence-corrected chi connectivity index (χ4v) is 3.07. The highest BCUT2D eigenvalue weighted by molar-refractivity contribution is 5.70. The average Bonchev–Trinajstić information content (AvgIpc) is 2.72. The maximum absolute atomic E-state index is 12.4. The van der Waals surface area contributed by atoms with Crippen molar-refractivity contribution in [3.8, 4) is 0 Å².